The molecule has 0 unspecified atom stereocenters. The molecule has 0 spiro atoms. The summed E-state index contributed by atoms with van der Waals surface area (Å²) in [5, 5.41) is 0. The second-order valence-corrected chi connectivity index (χ2v) is 3.99. The van der Waals surface area contributed by atoms with Gasteiger partial charge in [-0.15, -0.1) is 0 Å². The van der Waals surface area contributed by atoms with Gasteiger partial charge in [0.15, 0.2) is 0 Å². The van der Waals surface area contributed by atoms with E-state index in [9.17, 15) is 4.79 Å². The lowest BCUT2D eigenvalue weighted by Gasteiger charge is -2.39. The zero-order valence-electron chi connectivity index (χ0n) is 9.17. The molecule has 0 atom stereocenters. The molecule has 0 saturated heterocycles. The van der Waals surface area contributed by atoms with Crippen LogP contribution in [-0.4, -0.2) is 17.1 Å². The van der Waals surface area contributed by atoms with E-state index in [1.807, 2.05) is 6.92 Å². The van der Waals surface area contributed by atoms with Gasteiger partial charge in [0.2, 0.25) is 0 Å². The van der Waals surface area contributed by atoms with E-state index in [4.69, 9.17) is 4.74 Å². The maximum Gasteiger partial charge on any atom is 0.251 e. The number of ether oxygens (including phenoxy) is 1. The molecule has 1 saturated carbocycles. The molecule has 4 nitrogen and oxygen atoms in total. The van der Waals surface area contributed by atoms with Crippen LogP contribution in [0.5, 0.6) is 0 Å². The molecular formula is C11H16N2O2. The van der Waals surface area contributed by atoms with E-state index >= 15 is 0 Å². The van der Waals surface area contributed by atoms with Gasteiger partial charge in [0.05, 0.1) is 0 Å². The summed E-state index contributed by atoms with van der Waals surface area (Å²) in [6.07, 6.45) is 3.80. The van der Waals surface area contributed by atoms with Crippen molar-refractivity contribution in [1.82, 2.24) is 9.97 Å². The van der Waals surface area contributed by atoms with Crippen LogP contribution < -0.4 is 5.56 Å². The number of hydrogen-bond donors (Lipinski definition) is 1. The maximum atomic E-state index is 11.4. The van der Waals surface area contributed by atoms with Crippen molar-refractivity contribution < 1.29 is 4.74 Å². The zero-order valence-corrected chi connectivity index (χ0v) is 9.17. The number of aromatic nitrogens is 2. The number of rotatable bonds is 3. The number of nitrogens with zero attached hydrogens (tertiary/aromatic N) is 1. The van der Waals surface area contributed by atoms with Gasteiger partial charge in [-0.3, -0.25) is 4.79 Å². The second-order valence-electron chi connectivity index (χ2n) is 3.99. The standard InChI is InChI=1S/C11H16N2O2/c1-3-8-7-9(14)13-10(12-8)11(15-2)5-4-6-11/h7H,3-6H2,1-2H3,(H,12,13,14). The predicted molar refractivity (Wildman–Crippen MR) is 56.8 cm³/mol. The van der Waals surface area contributed by atoms with E-state index < -0.39 is 0 Å². The summed E-state index contributed by atoms with van der Waals surface area (Å²) in [4.78, 5) is 18.6. The van der Waals surface area contributed by atoms with Crippen molar-refractivity contribution >= 4 is 0 Å². The minimum atomic E-state index is -0.329. The Bertz CT molecular complexity index is 402. The lowest BCUT2D eigenvalue weighted by Crippen LogP contribution is -2.39. The van der Waals surface area contributed by atoms with E-state index in [1.165, 1.54) is 0 Å². The first-order chi connectivity index (χ1) is 7.20. The van der Waals surface area contributed by atoms with Crippen molar-refractivity contribution in [1.29, 1.82) is 0 Å². The quantitative estimate of drug-likeness (QED) is 0.816. The fourth-order valence-corrected chi connectivity index (χ4v) is 1.94. The molecule has 2 rings (SSSR count). The second kappa shape index (κ2) is 3.77. The first kappa shape index (κ1) is 10.4. The topological polar surface area (TPSA) is 55.0 Å². The van der Waals surface area contributed by atoms with E-state index in [-0.39, 0.29) is 11.2 Å². The summed E-state index contributed by atoms with van der Waals surface area (Å²) >= 11 is 0. The molecule has 1 aliphatic carbocycles. The molecule has 1 fully saturated rings. The maximum absolute atomic E-state index is 11.4. The molecule has 15 heavy (non-hydrogen) atoms. The average Bonchev–Trinajstić information content (AvgIpc) is 2.16. The monoisotopic (exact) mass is 208 g/mol. The molecule has 82 valence electrons. The largest absolute Gasteiger partial charge is 0.370 e. The van der Waals surface area contributed by atoms with Crippen LogP contribution in [0, 0.1) is 0 Å². The van der Waals surface area contributed by atoms with Crippen LogP contribution in [0.25, 0.3) is 0 Å². The molecule has 4 heteroatoms. The summed E-state index contributed by atoms with van der Waals surface area (Å²) in [7, 11) is 1.68. The predicted octanol–water partition coefficient (Wildman–Crippen LogP) is 1.36. The Kier molecular flexibility index (Phi) is 2.61. The van der Waals surface area contributed by atoms with Crippen molar-refractivity contribution in [3.8, 4) is 0 Å². The first-order valence-electron chi connectivity index (χ1n) is 5.36. The molecule has 0 radical (unpaired) electrons. The third kappa shape index (κ3) is 1.69. The Morgan fingerprint density at radius 1 is 1.60 bits per heavy atom. The average molecular weight is 208 g/mol. The highest BCUT2D eigenvalue weighted by Crippen LogP contribution is 2.42. The normalized spacial score (nSPS) is 18.5. The van der Waals surface area contributed by atoms with Crippen molar-refractivity contribution in [3.05, 3.63) is 27.9 Å². The SMILES string of the molecule is CCc1cc(=O)[nH]c(C2(OC)CCC2)n1. The fourth-order valence-electron chi connectivity index (χ4n) is 1.94. The van der Waals surface area contributed by atoms with Gasteiger partial charge >= 0.3 is 0 Å². The summed E-state index contributed by atoms with van der Waals surface area (Å²) in [5.41, 5.74) is 0.418. The van der Waals surface area contributed by atoms with Gasteiger partial charge in [0.1, 0.15) is 11.4 Å². The molecule has 0 aromatic carbocycles. The van der Waals surface area contributed by atoms with Crippen molar-refractivity contribution in [3.63, 3.8) is 0 Å². The van der Waals surface area contributed by atoms with Crippen molar-refractivity contribution in [2.75, 3.05) is 7.11 Å². The summed E-state index contributed by atoms with van der Waals surface area (Å²) < 4.78 is 5.48. The fraction of sp³-hybridized carbons (Fsp3) is 0.636. The Morgan fingerprint density at radius 2 is 2.33 bits per heavy atom. The van der Waals surface area contributed by atoms with Gasteiger partial charge in [-0.2, -0.15) is 0 Å². The Morgan fingerprint density at radius 3 is 2.80 bits per heavy atom. The highest BCUT2D eigenvalue weighted by molar-refractivity contribution is 5.11. The molecule has 1 heterocycles. The van der Waals surface area contributed by atoms with Crippen LogP contribution >= 0.6 is 0 Å². The van der Waals surface area contributed by atoms with Gasteiger partial charge in [-0.25, -0.2) is 4.98 Å². The lowest BCUT2D eigenvalue weighted by atomic mass is 9.79. The zero-order chi connectivity index (χ0) is 10.9. The van der Waals surface area contributed by atoms with Gasteiger partial charge in [0, 0.05) is 18.9 Å². The highest BCUT2D eigenvalue weighted by Gasteiger charge is 2.41. The lowest BCUT2D eigenvalue weighted by molar-refractivity contribution is -0.0849. The van der Waals surface area contributed by atoms with Crippen LogP contribution in [0.2, 0.25) is 0 Å². The Balaban J connectivity index is 2.43. The van der Waals surface area contributed by atoms with Crippen molar-refractivity contribution in [2.45, 2.75) is 38.2 Å². The third-order valence-corrected chi connectivity index (χ3v) is 3.14. The molecule has 0 aliphatic heterocycles. The van der Waals surface area contributed by atoms with Gasteiger partial charge < -0.3 is 9.72 Å². The van der Waals surface area contributed by atoms with Gasteiger partial charge in [-0.1, -0.05) is 6.92 Å². The van der Waals surface area contributed by atoms with Gasteiger partial charge in [0.25, 0.3) is 5.56 Å². The first-order valence-corrected chi connectivity index (χ1v) is 5.36. The van der Waals surface area contributed by atoms with Crippen LogP contribution in [-0.2, 0) is 16.8 Å². The summed E-state index contributed by atoms with van der Waals surface area (Å²) in [6.45, 7) is 1.99. The van der Waals surface area contributed by atoms with Crippen LogP contribution in [0.4, 0.5) is 0 Å². The molecule has 0 amide bonds. The van der Waals surface area contributed by atoms with Crippen molar-refractivity contribution in [2.24, 2.45) is 0 Å². The molecule has 1 aromatic heterocycles. The Hall–Kier alpha value is -1.16. The minimum absolute atomic E-state index is 0.0832. The number of nitrogens with one attached hydrogen (secondary N) is 1. The van der Waals surface area contributed by atoms with Crippen LogP contribution in [0.1, 0.15) is 37.7 Å². The van der Waals surface area contributed by atoms with E-state index in [0.29, 0.717) is 5.82 Å². The van der Waals surface area contributed by atoms with E-state index in [0.717, 1.165) is 31.4 Å². The van der Waals surface area contributed by atoms with Crippen LogP contribution in [0.15, 0.2) is 10.9 Å². The number of aryl methyl sites for hydroxylation is 1. The van der Waals surface area contributed by atoms with E-state index in [1.54, 1.807) is 13.2 Å². The van der Waals surface area contributed by atoms with Gasteiger partial charge in [-0.05, 0) is 25.7 Å². The number of methoxy groups -OCH3 is 1. The molecule has 1 aliphatic rings. The third-order valence-electron chi connectivity index (χ3n) is 3.14. The molecule has 1 N–H and O–H groups in total. The molecular weight excluding hydrogens is 192 g/mol. The number of aromatic amines is 1. The summed E-state index contributed by atoms with van der Waals surface area (Å²) in [6, 6.07) is 1.55. The number of H-pyrrole nitrogens is 1. The van der Waals surface area contributed by atoms with E-state index in [2.05, 4.69) is 9.97 Å². The molecule has 0 bridgehead atoms. The number of hydrogen-bond acceptors (Lipinski definition) is 3. The molecule has 1 aromatic rings. The van der Waals surface area contributed by atoms with Crippen LogP contribution in [0.3, 0.4) is 0 Å². The summed E-state index contributed by atoms with van der Waals surface area (Å²) in [5.74, 6) is 0.695. The Labute approximate surface area is 88.7 Å². The highest BCUT2D eigenvalue weighted by atomic mass is 16.5. The minimum Gasteiger partial charge on any atom is -0.370 e. The smallest absolute Gasteiger partial charge is 0.251 e.